The Morgan fingerprint density at radius 2 is 2.13 bits per heavy atom. The van der Waals surface area contributed by atoms with Gasteiger partial charge in [-0.15, -0.1) is 11.8 Å². The first-order chi connectivity index (χ1) is 14.3. The molecule has 1 aromatic carbocycles. The number of benzene rings is 1. The number of anilines is 2. The first kappa shape index (κ1) is 22.0. The lowest BCUT2D eigenvalue weighted by Crippen LogP contribution is -2.39. The number of ether oxygens (including phenoxy) is 2. The van der Waals surface area contributed by atoms with Crippen LogP contribution in [-0.2, 0) is 14.3 Å². The van der Waals surface area contributed by atoms with Crippen molar-refractivity contribution >= 4 is 41.2 Å². The third-order valence-corrected chi connectivity index (χ3v) is 6.12. The molecule has 9 heteroatoms. The van der Waals surface area contributed by atoms with Gasteiger partial charge in [0.1, 0.15) is 6.10 Å². The summed E-state index contributed by atoms with van der Waals surface area (Å²) in [5.41, 5.74) is 2.14. The van der Waals surface area contributed by atoms with E-state index in [2.05, 4.69) is 18.8 Å². The van der Waals surface area contributed by atoms with Crippen LogP contribution in [0.15, 0.2) is 35.4 Å². The van der Waals surface area contributed by atoms with Crippen molar-refractivity contribution in [2.75, 3.05) is 29.5 Å². The van der Waals surface area contributed by atoms with Gasteiger partial charge in [0, 0.05) is 16.3 Å². The highest BCUT2D eigenvalue weighted by Gasteiger charge is 2.36. The number of carbonyl (C=O) groups excluding carboxylic acids is 3. The molecule has 162 valence electrons. The fourth-order valence-corrected chi connectivity index (χ4v) is 4.81. The number of cyclic esters (lactones) is 1. The second-order valence-corrected chi connectivity index (χ2v) is 8.42. The summed E-state index contributed by atoms with van der Waals surface area (Å²) in [7, 11) is 0. The Morgan fingerprint density at radius 1 is 1.37 bits per heavy atom. The van der Waals surface area contributed by atoms with Crippen molar-refractivity contribution in [2.45, 2.75) is 49.9 Å². The van der Waals surface area contributed by atoms with E-state index in [-0.39, 0.29) is 24.3 Å². The molecule has 1 fully saturated rings. The highest BCUT2D eigenvalue weighted by molar-refractivity contribution is 8.01. The highest BCUT2D eigenvalue weighted by atomic mass is 32.2. The molecule has 1 N–H and O–H groups in total. The van der Waals surface area contributed by atoms with Crippen LogP contribution in [0.3, 0.4) is 0 Å². The van der Waals surface area contributed by atoms with Crippen LogP contribution in [0.25, 0.3) is 0 Å². The topological polar surface area (TPSA) is 88.2 Å². The molecule has 2 atom stereocenters. The van der Waals surface area contributed by atoms with E-state index in [4.69, 9.17) is 9.47 Å². The van der Waals surface area contributed by atoms with E-state index in [1.54, 1.807) is 17.9 Å². The predicted molar refractivity (Wildman–Crippen MR) is 116 cm³/mol. The molecule has 0 spiro atoms. The maximum absolute atomic E-state index is 12.8. The lowest BCUT2D eigenvalue weighted by Gasteiger charge is -2.34. The van der Waals surface area contributed by atoms with E-state index in [1.165, 1.54) is 16.7 Å². The molecule has 1 aromatic rings. The summed E-state index contributed by atoms with van der Waals surface area (Å²) in [6.07, 6.45) is 0.195. The zero-order valence-electron chi connectivity index (χ0n) is 17.5. The average molecular weight is 434 g/mol. The van der Waals surface area contributed by atoms with Crippen LogP contribution in [0, 0.1) is 0 Å². The van der Waals surface area contributed by atoms with Crippen LogP contribution >= 0.6 is 11.8 Å². The lowest BCUT2D eigenvalue weighted by molar-refractivity contribution is -0.117. The Labute approximate surface area is 180 Å². The molecule has 30 heavy (non-hydrogen) atoms. The highest BCUT2D eigenvalue weighted by Crippen LogP contribution is 2.44. The van der Waals surface area contributed by atoms with Gasteiger partial charge in [-0.2, -0.15) is 0 Å². The molecule has 0 radical (unpaired) electrons. The maximum atomic E-state index is 12.8. The van der Waals surface area contributed by atoms with Crippen LogP contribution in [0.5, 0.6) is 0 Å². The number of allylic oxidation sites excluding steroid dienone is 1. The van der Waals surface area contributed by atoms with Crippen molar-refractivity contribution < 1.29 is 23.9 Å². The van der Waals surface area contributed by atoms with E-state index >= 15 is 0 Å². The fraction of sp³-hybridized carbons (Fsp3) is 0.476. The summed E-state index contributed by atoms with van der Waals surface area (Å²) in [5, 5.41) is 2.41. The van der Waals surface area contributed by atoms with Gasteiger partial charge in [0.25, 0.3) is 0 Å². The van der Waals surface area contributed by atoms with Crippen LogP contribution in [-0.4, -0.2) is 49.1 Å². The minimum absolute atomic E-state index is 0.0419. The molecule has 0 bridgehead atoms. The van der Waals surface area contributed by atoms with Crippen molar-refractivity contribution in [1.82, 2.24) is 5.32 Å². The number of nitrogens with one attached hydrogen (secondary N) is 1. The Morgan fingerprint density at radius 3 is 2.80 bits per heavy atom. The van der Waals surface area contributed by atoms with Gasteiger partial charge in [-0.05, 0) is 38.5 Å². The number of alkyl carbamates (subject to hydrolysis) is 1. The third kappa shape index (κ3) is 4.56. The largest absolute Gasteiger partial charge is 0.450 e. The monoisotopic (exact) mass is 433 g/mol. The zero-order chi connectivity index (χ0) is 21.8. The standard InChI is InChI=1S/C21H27N3O5S/c1-5-7-17-19(25)24(13(3)4)16-9-8-14(10-18(16)30-17)23-12-15(29-21(23)27)11-22-20(26)28-6-2/h8-10,15,17H,3,5-7,11-12H2,1-2,4H3,(H,22,26)/t15-,17?/m0/s1. The number of fused-ring (bicyclic) bond motifs is 1. The first-order valence-corrected chi connectivity index (χ1v) is 10.9. The molecular weight excluding hydrogens is 406 g/mol. The number of carbonyl (C=O) groups is 3. The van der Waals surface area contributed by atoms with Gasteiger partial charge >= 0.3 is 12.2 Å². The van der Waals surface area contributed by atoms with E-state index in [0.717, 1.165) is 23.4 Å². The Kier molecular flexibility index (Phi) is 6.91. The van der Waals surface area contributed by atoms with Gasteiger partial charge in [0.15, 0.2) is 0 Å². The van der Waals surface area contributed by atoms with Gasteiger partial charge in [-0.1, -0.05) is 19.9 Å². The molecule has 0 aliphatic carbocycles. The average Bonchev–Trinajstić information content (AvgIpc) is 3.07. The SMILES string of the molecule is C=C(C)N1C(=O)C(CCC)Sc2cc(N3C[C@H](CNC(=O)OCC)OC3=O)ccc21. The number of nitrogens with zero attached hydrogens (tertiary/aromatic N) is 2. The molecule has 2 aliphatic rings. The van der Waals surface area contributed by atoms with E-state index in [1.807, 2.05) is 19.1 Å². The smallest absolute Gasteiger partial charge is 0.414 e. The molecule has 0 aromatic heterocycles. The summed E-state index contributed by atoms with van der Waals surface area (Å²) in [6.45, 7) is 10.3. The Bertz CT molecular complexity index is 859. The number of thioether (sulfide) groups is 1. The van der Waals surface area contributed by atoms with Gasteiger partial charge in [0.2, 0.25) is 5.91 Å². The molecule has 1 saturated heterocycles. The van der Waals surface area contributed by atoms with Crippen molar-refractivity contribution in [3.05, 3.63) is 30.5 Å². The predicted octanol–water partition coefficient (Wildman–Crippen LogP) is 3.90. The quantitative estimate of drug-likeness (QED) is 0.702. The molecule has 8 nitrogen and oxygen atoms in total. The fourth-order valence-electron chi connectivity index (χ4n) is 3.47. The van der Waals surface area contributed by atoms with Gasteiger partial charge in [-0.3, -0.25) is 14.6 Å². The molecule has 1 unspecified atom stereocenters. The maximum Gasteiger partial charge on any atom is 0.414 e. The minimum Gasteiger partial charge on any atom is -0.450 e. The number of hydrogen-bond acceptors (Lipinski definition) is 6. The molecule has 2 heterocycles. The summed E-state index contributed by atoms with van der Waals surface area (Å²) in [5.74, 6) is 0.0419. The number of rotatable bonds is 7. The Balaban J connectivity index is 1.78. The lowest BCUT2D eigenvalue weighted by atomic mass is 10.1. The van der Waals surface area contributed by atoms with Crippen molar-refractivity contribution in [3.63, 3.8) is 0 Å². The summed E-state index contributed by atoms with van der Waals surface area (Å²) >= 11 is 1.52. The number of hydrogen-bond donors (Lipinski definition) is 1. The van der Waals surface area contributed by atoms with Crippen molar-refractivity contribution in [2.24, 2.45) is 0 Å². The van der Waals surface area contributed by atoms with Gasteiger partial charge in [0.05, 0.1) is 30.6 Å². The molecular formula is C21H27N3O5S. The van der Waals surface area contributed by atoms with E-state index < -0.39 is 18.3 Å². The van der Waals surface area contributed by atoms with Crippen LogP contribution in [0.2, 0.25) is 0 Å². The van der Waals surface area contributed by atoms with Gasteiger partial charge in [-0.25, -0.2) is 9.59 Å². The van der Waals surface area contributed by atoms with Crippen LogP contribution in [0.1, 0.15) is 33.6 Å². The first-order valence-electron chi connectivity index (χ1n) is 10.0. The van der Waals surface area contributed by atoms with Gasteiger partial charge < -0.3 is 14.8 Å². The normalized spacial score (nSPS) is 20.6. The molecule has 3 amide bonds. The summed E-state index contributed by atoms with van der Waals surface area (Å²) in [4.78, 5) is 40.8. The van der Waals surface area contributed by atoms with Crippen molar-refractivity contribution in [1.29, 1.82) is 0 Å². The summed E-state index contributed by atoms with van der Waals surface area (Å²) in [6, 6.07) is 5.54. The number of amides is 3. The summed E-state index contributed by atoms with van der Waals surface area (Å²) < 4.78 is 10.2. The second kappa shape index (κ2) is 9.42. The zero-order valence-corrected chi connectivity index (χ0v) is 18.3. The third-order valence-electron chi connectivity index (χ3n) is 4.82. The molecule has 3 rings (SSSR count). The Hall–Kier alpha value is -2.68. The molecule has 0 saturated carbocycles. The van der Waals surface area contributed by atoms with Crippen LogP contribution in [0.4, 0.5) is 21.0 Å². The second-order valence-electron chi connectivity index (χ2n) is 7.17. The molecule has 2 aliphatic heterocycles. The van der Waals surface area contributed by atoms with E-state index in [9.17, 15) is 14.4 Å². The van der Waals surface area contributed by atoms with E-state index in [0.29, 0.717) is 17.9 Å². The van der Waals surface area contributed by atoms with Crippen LogP contribution < -0.4 is 15.1 Å². The van der Waals surface area contributed by atoms with Crippen molar-refractivity contribution in [3.8, 4) is 0 Å². The minimum atomic E-state index is -0.538.